The number of anilines is 3. The number of pyridine rings is 1. The Bertz CT molecular complexity index is 1030. The van der Waals surface area contributed by atoms with Gasteiger partial charge in [0.1, 0.15) is 23.9 Å². The van der Waals surface area contributed by atoms with Crippen LogP contribution in [0.15, 0.2) is 48.9 Å². The van der Waals surface area contributed by atoms with E-state index in [0.717, 1.165) is 6.54 Å². The highest BCUT2D eigenvalue weighted by atomic mass is 19.1. The average Bonchev–Trinajstić information content (AvgIpc) is 2.75. The molecule has 10 heteroatoms. The Balaban J connectivity index is 1.61. The van der Waals surface area contributed by atoms with E-state index in [1.54, 1.807) is 24.4 Å². The number of nitrogen functional groups attached to an aromatic ring is 1. The van der Waals surface area contributed by atoms with Gasteiger partial charge in [0.25, 0.3) is 5.91 Å². The third-order valence-corrected chi connectivity index (χ3v) is 4.26. The number of aromatic nitrogens is 3. The molecule has 3 rings (SSSR count). The summed E-state index contributed by atoms with van der Waals surface area (Å²) in [4.78, 5) is 26.6. The number of amides is 1. The fraction of sp³-hybridized carbons (Fsp3) is 0.238. The molecule has 2 heterocycles. The molecule has 162 valence electrons. The molecule has 1 amide bonds. The zero-order valence-electron chi connectivity index (χ0n) is 17.3. The van der Waals surface area contributed by atoms with Gasteiger partial charge in [-0.25, -0.2) is 19.3 Å². The number of hydrogen-bond donors (Lipinski definition) is 3. The van der Waals surface area contributed by atoms with Crippen LogP contribution in [0.5, 0.6) is 5.88 Å². The first kappa shape index (κ1) is 21.9. The van der Waals surface area contributed by atoms with E-state index in [-0.39, 0.29) is 12.2 Å². The predicted molar refractivity (Wildman–Crippen MR) is 116 cm³/mol. The maximum absolute atomic E-state index is 14.2. The number of benzene rings is 1. The van der Waals surface area contributed by atoms with Crippen molar-refractivity contribution in [2.45, 2.75) is 6.54 Å². The van der Waals surface area contributed by atoms with Crippen molar-refractivity contribution in [2.75, 3.05) is 43.6 Å². The zero-order valence-corrected chi connectivity index (χ0v) is 17.3. The molecule has 0 saturated carbocycles. The van der Waals surface area contributed by atoms with Crippen molar-refractivity contribution in [3.63, 3.8) is 0 Å². The molecule has 0 saturated heterocycles. The second kappa shape index (κ2) is 10.3. The van der Waals surface area contributed by atoms with Crippen molar-refractivity contribution in [3.05, 3.63) is 66.0 Å². The molecule has 31 heavy (non-hydrogen) atoms. The number of hydrogen-bond acceptors (Lipinski definition) is 8. The van der Waals surface area contributed by atoms with E-state index in [1.807, 2.05) is 19.0 Å². The summed E-state index contributed by atoms with van der Waals surface area (Å²) < 4.78 is 19.7. The molecule has 0 bridgehead atoms. The topological polar surface area (TPSA) is 118 Å². The molecule has 1 aromatic carbocycles. The average molecular weight is 425 g/mol. The Labute approximate surface area is 179 Å². The summed E-state index contributed by atoms with van der Waals surface area (Å²) in [6.45, 7) is 1.37. The van der Waals surface area contributed by atoms with Gasteiger partial charge in [-0.1, -0.05) is 0 Å². The lowest BCUT2D eigenvalue weighted by atomic mass is 10.1. The number of nitrogens with two attached hydrogens (primary N) is 1. The molecule has 9 nitrogen and oxygen atoms in total. The van der Waals surface area contributed by atoms with Crippen molar-refractivity contribution in [1.82, 2.24) is 19.9 Å². The number of carbonyl (C=O) groups is 1. The highest BCUT2D eigenvalue weighted by Crippen LogP contribution is 2.19. The van der Waals surface area contributed by atoms with E-state index in [2.05, 4.69) is 25.6 Å². The van der Waals surface area contributed by atoms with Crippen LogP contribution in [-0.4, -0.2) is 53.0 Å². The predicted octanol–water partition coefficient (Wildman–Crippen LogP) is 2.40. The Kier molecular flexibility index (Phi) is 7.28. The van der Waals surface area contributed by atoms with E-state index in [0.29, 0.717) is 35.2 Å². The lowest BCUT2D eigenvalue weighted by molar-refractivity contribution is 0.102. The highest BCUT2D eigenvalue weighted by Gasteiger charge is 2.11. The Hall–Kier alpha value is -3.79. The van der Waals surface area contributed by atoms with Crippen molar-refractivity contribution in [3.8, 4) is 5.88 Å². The second-order valence-corrected chi connectivity index (χ2v) is 6.94. The van der Waals surface area contributed by atoms with E-state index < -0.39 is 11.7 Å². The molecule has 0 aliphatic rings. The standard InChI is InChI=1S/C21H24FN7O2/c1-29(2)8-9-31-19-13-26-18(12-27-19)21(30)28-15-5-6-16(22)14(10-15)11-25-17-4-3-7-24-20(17)23/h3-7,10,12-13,25H,8-9,11H2,1-2H3,(H2,23,24)(H,28,30). The fourth-order valence-corrected chi connectivity index (χ4v) is 2.58. The van der Waals surface area contributed by atoms with Gasteiger partial charge in [-0.2, -0.15) is 0 Å². The number of halogens is 1. The molecule has 2 aromatic heterocycles. The number of ether oxygens (including phenoxy) is 1. The van der Waals surface area contributed by atoms with Crippen LogP contribution in [0.4, 0.5) is 21.6 Å². The van der Waals surface area contributed by atoms with Crippen molar-refractivity contribution in [2.24, 2.45) is 0 Å². The summed E-state index contributed by atoms with van der Waals surface area (Å²) in [5.41, 5.74) is 7.28. The van der Waals surface area contributed by atoms with Gasteiger partial charge in [0, 0.05) is 30.5 Å². The quantitative estimate of drug-likeness (QED) is 0.478. The Morgan fingerprint density at radius 1 is 1.19 bits per heavy atom. The number of nitrogens with one attached hydrogen (secondary N) is 2. The van der Waals surface area contributed by atoms with Crippen molar-refractivity contribution < 1.29 is 13.9 Å². The molecule has 0 aliphatic carbocycles. The van der Waals surface area contributed by atoms with Gasteiger partial charge in [-0.15, -0.1) is 0 Å². The summed E-state index contributed by atoms with van der Waals surface area (Å²) in [6, 6.07) is 7.77. The molecule has 3 aromatic rings. The number of likely N-dealkylation sites (N-methyl/N-ethyl adjacent to an activating group) is 1. The van der Waals surface area contributed by atoms with Crippen LogP contribution in [-0.2, 0) is 6.54 Å². The minimum atomic E-state index is -0.464. The summed E-state index contributed by atoms with van der Waals surface area (Å²) in [5.74, 6) is -0.218. The smallest absolute Gasteiger partial charge is 0.275 e. The monoisotopic (exact) mass is 425 g/mol. The maximum atomic E-state index is 14.2. The zero-order chi connectivity index (χ0) is 22.2. The first-order valence-electron chi connectivity index (χ1n) is 9.56. The summed E-state index contributed by atoms with van der Waals surface area (Å²) in [7, 11) is 3.88. The van der Waals surface area contributed by atoms with Crippen molar-refractivity contribution >= 4 is 23.1 Å². The van der Waals surface area contributed by atoms with Gasteiger partial charge in [-0.05, 0) is 44.4 Å². The van der Waals surface area contributed by atoms with Crippen LogP contribution in [0, 0.1) is 5.82 Å². The SMILES string of the molecule is CN(C)CCOc1cnc(C(=O)Nc2ccc(F)c(CNc3cccnc3N)c2)cn1. The minimum absolute atomic E-state index is 0.118. The fourth-order valence-electron chi connectivity index (χ4n) is 2.58. The largest absolute Gasteiger partial charge is 0.475 e. The molecule has 0 spiro atoms. The summed E-state index contributed by atoms with van der Waals surface area (Å²) in [5, 5.41) is 5.73. The molecular formula is C21H24FN7O2. The Morgan fingerprint density at radius 3 is 2.74 bits per heavy atom. The lowest BCUT2D eigenvalue weighted by Crippen LogP contribution is -2.20. The van der Waals surface area contributed by atoms with Gasteiger partial charge in [0.05, 0.1) is 18.1 Å². The van der Waals surface area contributed by atoms with E-state index in [1.165, 1.54) is 24.5 Å². The summed E-state index contributed by atoms with van der Waals surface area (Å²) in [6.07, 6.45) is 4.29. The number of carbonyl (C=O) groups excluding carboxylic acids is 1. The van der Waals surface area contributed by atoms with Crippen LogP contribution >= 0.6 is 0 Å². The van der Waals surface area contributed by atoms with Gasteiger partial charge < -0.3 is 26.0 Å². The second-order valence-electron chi connectivity index (χ2n) is 6.94. The van der Waals surface area contributed by atoms with Gasteiger partial charge in [-0.3, -0.25) is 4.79 Å². The van der Waals surface area contributed by atoms with E-state index >= 15 is 0 Å². The van der Waals surface area contributed by atoms with Crippen LogP contribution in [0.3, 0.4) is 0 Å². The molecule has 0 unspecified atom stereocenters. The first-order chi connectivity index (χ1) is 14.9. The van der Waals surface area contributed by atoms with Crippen LogP contribution in [0.2, 0.25) is 0 Å². The molecule has 0 atom stereocenters. The number of nitrogens with zero attached hydrogens (tertiary/aromatic N) is 4. The van der Waals surface area contributed by atoms with Gasteiger partial charge in [0.2, 0.25) is 5.88 Å². The molecule has 0 fully saturated rings. The maximum Gasteiger partial charge on any atom is 0.275 e. The normalized spacial score (nSPS) is 10.7. The van der Waals surface area contributed by atoms with E-state index in [9.17, 15) is 9.18 Å². The molecule has 0 aliphatic heterocycles. The number of rotatable bonds is 9. The molecule has 4 N–H and O–H groups in total. The summed E-state index contributed by atoms with van der Waals surface area (Å²) >= 11 is 0. The van der Waals surface area contributed by atoms with Gasteiger partial charge in [0.15, 0.2) is 0 Å². The van der Waals surface area contributed by atoms with E-state index in [4.69, 9.17) is 10.5 Å². The molecule has 0 radical (unpaired) electrons. The lowest BCUT2D eigenvalue weighted by Gasteiger charge is -2.11. The van der Waals surface area contributed by atoms with Crippen LogP contribution < -0.4 is 21.1 Å². The van der Waals surface area contributed by atoms with Gasteiger partial charge >= 0.3 is 0 Å². The third-order valence-electron chi connectivity index (χ3n) is 4.26. The Morgan fingerprint density at radius 2 is 2.03 bits per heavy atom. The van der Waals surface area contributed by atoms with Crippen LogP contribution in [0.1, 0.15) is 16.1 Å². The highest BCUT2D eigenvalue weighted by molar-refractivity contribution is 6.02. The van der Waals surface area contributed by atoms with Crippen LogP contribution in [0.25, 0.3) is 0 Å². The third kappa shape index (κ3) is 6.34. The van der Waals surface area contributed by atoms with Crippen molar-refractivity contribution in [1.29, 1.82) is 0 Å². The first-order valence-corrected chi connectivity index (χ1v) is 9.56. The minimum Gasteiger partial charge on any atom is -0.475 e. The molecular weight excluding hydrogens is 401 g/mol.